The van der Waals surface area contributed by atoms with E-state index in [1.165, 1.54) is 6.07 Å². The average molecular weight is 445 g/mol. The molecule has 3 aromatic rings. The predicted octanol–water partition coefficient (Wildman–Crippen LogP) is 5.21. The quantitative estimate of drug-likeness (QED) is 0.284. The van der Waals surface area contributed by atoms with E-state index in [1.807, 2.05) is 0 Å². The molecule has 0 atom stereocenters. The van der Waals surface area contributed by atoms with Crippen LogP contribution in [0, 0.1) is 0 Å². The Balaban J connectivity index is 2.00. The minimum atomic E-state index is -4.88. The van der Waals surface area contributed by atoms with Crippen molar-refractivity contribution >= 4 is 23.4 Å². The highest BCUT2D eigenvalue weighted by Gasteiger charge is 2.38. The summed E-state index contributed by atoms with van der Waals surface area (Å²) in [4.78, 5) is 26.0. The number of ether oxygens (including phenoxy) is 1. The second-order valence-corrected chi connectivity index (χ2v) is 6.47. The van der Waals surface area contributed by atoms with Gasteiger partial charge in [0.05, 0.1) is 12.2 Å². The van der Waals surface area contributed by atoms with Gasteiger partial charge in [-0.1, -0.05) is 6.07 Å². The van der Waals surface area contributed by atoms with Gasteiger partial charge in [0.25, 0.3) is 6.47 Å². The number of nitrogens with zero attached hydrogens (tertiary/aromatic N) is 1. The number of carbonyl (C=O) groups excluding carboxylic acids is 2. The molecule has 0 amide bonds. The van der Waals surface area contributed by atoms with Crippen LogP contribution in [-0.4, -0.2) is 23.8 Å². The first-order chi connectivity index (χ1) is 14.5. The zero-order valence-electron chi connectivity index (χ0n) is 15.5. The van der Waals surface area contributed by atoms with E-state index in [-0.39, 0.29) is 42.0 Å². The zero-order chi connectivity index (χ0) is 22.8. The van der Waals surface area contributed by atoms with Crippen LogP contribution >= 0.6 is 0 Å². The third-order valence-corrected chi connectivity index (χ3v) is 4.34. The summed E-state index contributed by atoms with van der Waals surface area (Å²) in [5.74, 6) is -0.883. The van der Waals surface area contributed by atoms with Crippen LogP contribution in [0.4, 0.5) is 26.3 Å². The van der Waals surface area contributed by atoms with Crippen LogP contribution in [0.3, 0.4) is 0 Å². The third kappa shape index (κ3) is 5.04. The van der Waals surface area contributed by atoms with Crippen molar-refractivity contribution in [2.75, 3.05) is 6.61 Å². The minimum absolute atomic E-state index is 0.0564. The summed E-state index contributed by atoms with van der Waals surface area (Å²) in [6.45, 7) is -0.135. The number of hydrogen-bond acceptors (Lipinski definition) is 5. The summed E-state index contributed by atoms with van der Waals surface area (Å²) in [7, 11) is 0. The van der Waals surface area contributed by atoms with Crippen molar-refractivity contribution in [3.05, 3.63) is 53.1 Å². The van der Waals surface area contributed by atoms with Crippen LogP contribution in [-0.2, 0) is 33.1 Å². The first-order valence-corrected chi connectivity index (χ1v) is 8.75. The Kier molecular flexibility index (Phi) is 6.05. The van der Waals surface area contributed by atoms with Crippen molar-refractivity contribution in [3.63, 3.8) is 0 Å². The number of rotatable bonds is 7. The maximum Gasteiger partial charge on any atom is 0.420 e. The smallest absolute Gasteiger partial charge is 0.420 e. The molecule has 3 rings (SSSR count). The van der Waals surface area contributed by atoms with E-state index < -0.39 is 41.3 Å². The van der Waals surface area contributed by atoms with Crippen LogP contribution in [0.1, 0.15) is 23.1 Å². The number of halogens is 6. The molecule has 1 heterocycles. The molecule has 0 aliphatic heterocycles. The molecule has 0 fully saturated rings. The van der Waals surface area contributed by atoms with Crippen LogP contribution in [0.15, 0.2) is 40.8 Å². The third-order valence-electron chi connectivity index (χ3n) is 4.34. The molecule has 0 N–H and O–H groups in total. The van der Waals surface area contributed by atoms with E-state index in [0.29, 0.717) is 0 Å². The van der Waals surface area contributed by atoms with Gasteiger partial charge in [0.2, 0.25) is 5.89 Å². The van der Waals surface area contributed by atoms with E-state index in [4.69, 9.17) is 4.42 Å². The second kappa shape index (κ2) is 8.40. The molecule has 0 bridgehead atoms. The number of aromatic nitrogens is 1. The highest BCUT2D eigenvalue weighted by atomic mass is 19.4. The van der Waals surface area contributed by atoms with Crippen molar-refractivity contribution in [1.82, 2.24) is 4.98 Å². The molecule has 0 aliphatic carbocycles. The first kappa shape index (κ1) is 22.3. The van der Waals surface area contributed by atoms with Gasteiger partial charge in [-0.05, 0) is 35.9 Å². The summed E-state index contributed by atoms with van der Waals surface area (Å²) < 4.78 is 89.0. The number of hydrogen-bond donors (Lipinski definition) is 0. The lowest BCUT2D eigenvalue weighted by atomic mass is 9.99. The Labute approximate surface area is 170 Å². The predicted molar refractivity (Wildman–Crippen MR) is 94.8 cm³/mol. The molecule has 2 aromatic carbocycles. The maximum atomic E-state index is 13.7. The molecule has 0 spiro atoms. The van der Waals surface area contributed by atoms with E-state index >= 15 is 0 Å². The highest BCUT2D eigenvalue weighted by Crippen LogP contribution is 2.40. The van der Waals surface area contributed by atoms with E-state index in [9.17, 15) is 35.9 Å². The van der Waals surface area contributed by atoms with Crippen molar-refractivity contribution < 1.29 is 45.1 Å². The number of alkyl halides is 6. The summed E-state index contributed by atoms with van der Waals surface area (Å²) in [6, 6.07) is 5.92. The van der Waals surface area contributed by atoms with Gasteiger partial charge < -0.3 is 9.15 Å². The Morgan fingerprint density at radius 2 is 1.68 bits per heavy atom. The standard InChI is InChI=1S/C20H13F6NO4/c21-19(22,23)13-4-1-11(2-5-13)18-27-15-6-3-12(9-14(29)7-8-30-10-28)16(17(15)31-18)20(24,25)26/h1-6,10H,7-9H2. The topological polar surface area (TPSA) is 69.4 Å². The molecular weight excluding hydrogens is 432 g/mol. The molecule has 11 heteroatoms. The van der Waals surface area contributed by atoms with Crippen molar-refractivity contribution in [2.24, 2.45) is 0 Å². The summed E-state index contributed by atoms with van der Waals surface area (Å²) in [5.41, 5.74) is -3.21. The lowest BCUT2D eigenvalue weighted by Gasteiger charge is -2.12. The van der Waals surface area contributed by atoms with Crippen LogP contribution < -0.4 is 0 Å². The molecule has 164 valence electrons. The fourth-order valence-corrected chi connectivity index (χ4v) is 2.94. The van der Waals surface area contributed by atoms with Gasteiger partial charge in [-0.15, -0.1) is 0 Å². The monoisotopic (exact) mass is 445 g/mol. The number of carbonyl (C=O) groups is 2. The lowest BCUT2D eigenvalue weighted by molar-refractivity contribution is -0.138. The number of ketones is 1. The molecule has 0 unspecified atom stereocenters. The maximum absolute atomic E-state index is 13.7. The highest BCUT2D eigenvalue weighted by molar-refractivity contribution is 5.86. The molecular formula is C20H13F6NO4. The number of benzene rings is 2. The average Bonchev–Trinajstić information content (AvgIpc) is 3.10. The van der Waals surface area contributed by atoms with Crippen molar-refractivity contribution in [2.45, 2.75) is 25.2 Å². The molecule has 31 heavy (non-hydrogen) atoms. The van der Waals surface area contributed by atoms with Crippen LogP contribution in [0.2, 0.25) is 0 Å². The van der Waals surface area contributed by atoms with Gasteiger partial charge in [0.1, 0.15) is 16.9 Å². The molecule has 5 nitrogen and oxygen atoms in total. The van der Waals surface area contributed by atoms with Gasteiger partial charge in [0, 0.05) is 18.4 Å². The van der Waals surface area contributed by atoms with Crippen LogP contribution in [0.25, 0.3) is 22.6 Å². The summed E-state index contributed by atoms with van der Waals surface area (Å²) in [6.07, 6.45) is -10.3. The Hall–Kier alpha value is -3.37. The Morgan fingerprint density at radius 1 is 1.00 bits per heavy atom. The van der Waals surface area contributed by atoms with Crippen LogP contribution in [0.5, 0.6) is 0 Å². The second-order valence-electron chi connectivity index (χ2n) is 6.47. The van der Waals surface area contributed by atoms with Crippen molar-refractivity contribution in [3.8, 4) is 11.5 Å². The van der Waals surface area contributed by atoms with Gasteiger partial charge in [0.15, 0.2) is 5.58 Å². The largest absolute Gasteiger partial charge is 0.467 e. The SMILES string of the molecule is O=COCCC(=O)Cc1ccc2nc(-c3ccc(C(F)(F)F)cc3)oc2c1C(F)(F)F. The Bertz CT molecular complexity index is 1100. The number of fused-ring (bicyclic) bond motifs is 1. The first-order valence-electron chi connectivity index (χ1n) is 8.75. The van der Waals surface area contributed by atoms with Gasteiger partial charge in [-0.2, -0.15) is 26.3 Å². The minimum Gasteiger partial charge on any atom is -0.467 e. The zero-order valence-corrected chi connectivity index (χ0v) is 15.5. The van der Waals surface area contributed by atoms with E-state index in [1.54, 1.807) is 0 Å². The van der Waals surface area contributed by atoms with Crippen molar-refractivity contribution in [1.29, 1.82) is 0 Å². The Morgan fingerprint density at radius 3 is 2.26 bits per heavy atom. The summed E-state index contributed by atoms with van der Waals surface area (Å²) >= 11 is 0. The molecule has 0 radical (unpaired) electrons. The normalized spacial score (nSPS) is 12.2. The fourth-order valence-electron chi connectivity index (χ4n) is 2.94. The number of Topliss-reactive ketones (excluding diaryl/α,β-unsaturated/α-hetero) is 1. The van der Waals surface area contributed by atoms with Gasteiger partial charge in [-0.25, -0.2) is 4.98 Å². The number of oxazole rings is 1. The molecule has 1 aromatic heterocycles. The fraction of sp³-hybridized carbons (Fsp3) is 0.250. The molecule has 0 saturated heterocycles. The summed E-state index contributed by atoms with van der Waals surface area (Å²) in [5, 5.41) is 0. The van der Waals surface area contributed by atoms with Gasteiger partial charge >= 0.3 is 12.4 Å². The lowest BCUT2D eigenvalue weighted by Crippen LogP contribution is -2.14. The van der Waals surface area contributed by atoms with Gasteiger partial charge in [-0.3, -0.25) is 9.59 Å². The molecule has 0 aliphatic rings. The molecule has 0 saturated carbocycles. The van der Waals surface area contributed by atoms with E-state index in [2.05, 4.69) is 9.72 Å². The van der Waals surface area contributed by atoms with E-state index in [0.717, 1.165) is 30.3 Å².